The topological polar surface area (TPSA) is 77.7 Å². The molecule has 1 fully saturated rings. The molecule has 1 aliphatic heterocycles. The molecule has 0 spiro atoms. The summed E-state index contributed by atoms with van der Waals surface area (Å²) in [5.74, 6) is 0.170. The highest BCUT2D eigenvalue weighted by molar-refractivity contribution is 5.77. The lowest BCUT2D eigenvalue weighted by Gasteiger charge is -2.46. The van der Waals surface area contributed by atoms with Gasteiger partial charge in [0.05, 0.1) is 38.6 Å². The van der Waals surface area contributed by atoms with Gasteiger partial charge in [0.15, 0.2) is 5.65 Å². The molecule has 3 aromatic heterocycles. The van der Waals surface area contributed by atoms with Gasteiger partial charge < -0.3 is 14.4 Å². The number of hydrogen-bond donors (Lipinski definition) is 0. The van der Waals surface area contributed by atoms with Crippen LogP contribution >= 0.6 is 0 Å². The van der Waals surface area contributed by atoms with Gasteiger partial charge in [0.1, 0.15) is 5.69 Å². The smallest absolute Gasteiger partial charge is 0.426 e. The maximum absolute atomic E-state index is 14.0. The number of aromatic nitrogens is 5. The number of nitrogens with zero attached hydrogens (tertiary/aromatic N) is 6. The van der Waals surface area contributed by atoms with E-state index >= 15 is 0 Å². The van der Waals surface area contributed by atoms with Crippen LogP contribution in [0.5, 0.6) is 11.9 Å². The minimum absolute atomic E-state index is 0.0830. The van der Waals surface area contributed by atoms with E-state index < -0.39 is 24.9 Å². The lowest BCUT2D eigenvalue weighted by molar-refractivity contribution is -0.237. The van der Waals surface area contributed by atoms with Crippen LogP contribution in [0.3, 0.4) is 0 Å². The maximum Gasteiger partial charge on any atom is 0.426 e. The third-order valence-electron chi connectivity index (χ3n) is 4.45. The summed E-state index contributed by atoms with van der Waals surface area (Å²) in [4.78, 5) is 13.5. The molecule has 148 valence electrons. The van der Waals surface area contributed by atoms with Crippen molar-refractivity contribution in [1.29, 1.82) is 0 Å². The van der Waals surface area contributed by atoms with Gasteiger partial charge in [-0.05, 0) is 6.07 Å². The van der Waals surface area contributed by atoms with Crippen molar-refractivity contribution in [3.05, 3.63) is 24.7 Å². The van der Waals surface area contributed by atoms with Crippen molar-refractivity contribution in [3.63, 3.8) is 0 Å². The Morgan fingerprint density at radius 2 is 1.89 bits per heavy atom. The number of methoxy groups -OCH3 is 2. The number of rotatable bonds is 4. The Morgan fingerprint density at radius 3 is 2.54 bits per heavy atom. The molecule has 0 radical (unpaired) electrons. The van der Waals surface area contributed by atoms with E-state index in [9.17, 15) is 17.6 Å². The van der Waals surface area contributed by atoms with E-state index in [0.717, 1.165) is 0 Å². The summed E-state index contributed by atoms with van der Waals surface area (Å²) in [5, 5.41) is 4.37. The summed E-state index contributed by atoms with van der Waals surface area (Å²) < 4.78 is 64.2. The van der Waals surface area contributed by atoms with Gasteiger partial charge in [-0.1, -0.05) is 0 Å². The number of anilines is 1. The molecular weight excluding hydrogens is 384 g/mol. The van der Waals surface area contributed by atoms with Crippen LogP contribution < -0.4 is 14.4 Å². The Morgan fingerprint density at radius 1 is 1.14 bits per heavy atom. The van der Waals surface area contributed by atoms with Gasteiger partial charge in [-0.3, -0.25) is 0 Å². The van der Waals surface area contributed by atoms with Crippen molar-refractivity contribution in [2.45, 2.75) is 11.8 Å². The van der Waals surface area contributed by atoms with Gasteiger partial charge >= 0.3 is 12.2 Å². The quantitative estimate of drug-likeness (QED) is 0.624. The molecule has 1 aliphatic rings. The molecule has 0 bridgehead atoms. The standard InChI is InChI=1S/C16H14F4N6O2/c1-27-13-9(6-22-14(23-13)28-2)10-5-11(12-21-3-4-26(12)24-10)25-7-15(17,8-25)16(18,19)20/h3-6H,7-8H2,1-2H3. The van der Waals surface area contributed by atoms with E-state index in [1.807, 2.05) is 0 Å². The second kappa shape index (κ2) is 6.17. The molecule has 4 rings (SSSR count). The van der Waals surface area contributed by atoms with Gasteiger partial charge in [0.25, 0.3) is 0 Å². The van der Waals surface area contributed by atoms with Gasteiger partial charge in [-0.25, -0.2) is 18.9 Å². The van der Waals surface area contributed by atoms with E-state index in [4.69, 9.17) is 9.47 Å². The SMILES string of the molecule is COc1ncc(-c2cc(N3CC(F)(C(F)(F)F)C3)c3nccn3n2)c(OC)n1. The molecule has 4 heterocycles. The van der Waals surface area contributed by atoms with Crippen LogP contribution in [0.1, 0.15) is 0 Å². The second-order valence-electron chi connectivity index (χ2n) is 6.21. The molecule has 0 aromatic carbocycles. The summed E-state index contributed by atoms with van der Waals surface area (Å²) in [6.07, 6.45) is -0.530. The van der Waals surface area contributed by atoms with Crippen LogP contribution in [0, 0.1) is 0 Å². The average molecular weight is 398 g/mol. The fraction of sp³-hybridized carbons (Fsp3) is 0.375. The van der Waals surface area contributed by atoms with Crippen LogP contribution in [0.25, 0.3) is 16.9 Å². The minimum Gasteiger partial charge on any atom is -0.480 e. The number of alkyl halides is 4. The van der Waals surface area contributed by atoms with Crippen molar-refractivity contribution >= 4 is 11.3 Å². The molecule has 0 amide bonds. The molecule has 28 heavy (non-hydrogen) atoms. The Labute approximate surface area is 155 Å². The van der Waals surface area contributed by atoms with Gasteiger partial charge in [-0.15, -0.1) is 0 Å². The fourth-order valence-electron chi connectivity index (χ4n) is 2.95. The molecule has 3 aromatic rings. The monoisotopic (exact) mass is 398 g/mol. The number of ether oxygens (including phenoxy) is 2. The minimum atomic E-state index is -4.93. The summed E-state index contributed by atoms with van der Waals surface area (Å²) in [5.41, 5.74) is -1.92. The molecule has 0 unspecified atom stereocenters. The fourth-order valence-corrected chi connectivity index (χ4v) is 2.95. The number of fused-ring (bicyclic) bond motifs is 1. The first kappa shape index (κ1) is 18.2. The third-order valence-corrected chi connectivity index (χ3v) is 4.45. The van der Waals surface area contributed by atoms with Crippen molar-refractivity contribution in [2.24, 2.45) is 0 Å². The predicted octanol–water partition coefficient (Wildman–Crippen LogP) is 2.29. The predicted molar refractivity (Wildman–Crippen MR) is 89.2 cm³/mol. The van der Waals surface area contributed by atoms with E-state index in [-0.39, 0.29) is 11.9 Å². The zero-order valence-corrected chi connectivity index (χ0v) is 14.7. The van der Waals surface area contributed by atoms with Gasteiger partial charge in [0.2, 0.25) is 11.5 Å². The van der Waals surface area contributed by atoms with E-state index in [2.05, 4.69) is 20.1 Å². The lowest BCUT2D eigenvalue weighted by atomic mass is 9.95. The van der Waals surface area contributed by atoms with E-state index in [1.54, 1.807) is 0 Å². The van der Waals surface area contributed by atoms with Gasteiger partial charge in [0, 0.05) is 18.6 Å². The van der Waals surface area contributed by atoms with Crippen molar-refractivity contribution in [2.75, 3.05) is 32.2 Å². The third kappa shape index (κ3) is 2.75. The average Bonchev–Trinajstić information content (AvgIpc) is 3.11. The summed E-state index contributed by atoms with van der Waals surface area (Å²) >= 11 is 0. The highest BCUT2D eigenvalue weighted by atomic mass is 19.4. The first-order valence-electron chi connectivity index (χ1n) is 8.06. The largest absolute Gasteiger partial charge is 0.480 e. The van der Waals surface area contributed by atoms with Gasteiger partial charge in [-0.2, -0.15) is 23.3 Å². The number of halogens is 4. The maximum atomic E-state index is 14.0. The molecule has 0 aliphatic carbocycles. The van der Waals surface area contributed by atoms with Crippen LogP contribution in [-0.4, -0.2) is 63.7 Å². The Bertz CT molecular complexity index is 1030. The van der Waals surface area contributed by atoms with Crippen LogP contribution in [-0.2, 0) is 0 Å². The Hall–Kier alpha value is -3.18. The van der Waals surface area contributed by atoms with Crippen LogP contribution in [0.2, 0.25) is 0 Å². The summed E-state index contributed by atoms with van der Waals surface area (Å²) in [7, 11) is 2.80. The second-order valence-corrected chi connectivity index (χ2v) is 6.21. The van der Waals surface area contributed by atoms with Crippen molar-refractivity contribution in [3.8, 4) is 23.1 Å². The highest BCUT2D eigenvalue weighted by Gasteiger charge is 2.63. The van der Waals surface area contributed by atoms with Crippen LogP contribution in [0.4, 0.5) is 23.2 Å². The molecule has 0 saturated carbocycles. The van der Waals surface area contributed by atoms with E-state index in [1.165, 1.54) is 48.3 Å². The Kier molecular flexibility index (Phi) is 4.01. The van der Waals surface area contributed by atoms with E-state index in [0.29, 0.717) is 22.6 Å². The first-order valence-corrected chi connectivity index (χ1v) is 8.06. The zero-order chi connectivity index (χ0) is 20.1. The summed E-state index contributed by atoms with van der Waals surface area (Å²) in [6, 6.07) is 1.59. The summed E-state index contributed by atoms with van der Waals surface area (Å²) in [6.45, 7) is -1.64. The first-order chi connectivity index (χ1) is 13.3. The van der Waals surface area contributed by atoms with Crippen molar-refractivity contribution < 1.29 is 27.0 Å². The molecule has 0 atom stereocenters. The molecular formula is C16H14F4N6O2. The molecule has 0 N–H and O–H groups in total. The van der Waals surface area contributed by atoms with Crippen LogP contribution in [0.15, 0.2) is 24.7 Å². The highest BCUT2D eigenvalue weighted by Crippen LogP contribution is 2.44. The lowest BCUT2D eigenvalue weighted by Crippen LogP contribution is -2.66. The number of imidazole rings is 1. The normalized spacial score (nSPS) is 16.1. The molecule has 12 heteroatoms. The zero-order valence-electron chi connectivity index (χ0n) is 14.7. The van der Waals surface area contributed by atoms with Crippen molar-refractivity contribution in [1.82, 2.24) is 24.6 Å². The molecule has 8 nitrogen and oxygen atoms in total. The molecule has 1 saturated heterocycles. The Balaban J connectivity index is 1.77. The number of hydrogen-bond acceptors (Lipinski definition) is 7.